The molecule has 2 aromatic rings. The summed E-state index contributed by atoms with van der Waals surface area (Å²) in [6.45, 7) is 7.19. The Morgan fingerprint density at radius 2 is 2.00 bits per heavy atom. The van der Waals surface area contributed by atoms with E-state index in [1.165, 1.54) is 6.33 Å². The maximum atomic E-state index is 12.2. The van der Waals surface area contributed by atoms with Gasteiger partial charge in [0.05, 0.1) is 4.92 Å². The fourth-order valence-corrected chi connectivity index (χ4v) is 5.38. The molecular formula is C22H28N6O4. The van der Waals surface area contributed by atoms with Crippen molar-refractivity contribution < 1.29 is 14.5 Å². The number of carbonyl (C=O) groups excluding carboxylic acids is 1. The van der Waals surface area contributed by atoms with Crippen LogP contribution in [0.15, 0.2) is 36.7 Å². The number of ether oxygens (including phenoxy) is 1. The van der Waals surface area contributed by atoms with Gasteiger partial charge in [-0.15, -0.1) is 0 Å². The molecule has 2 bridgehead atoms. The Morgan fingerprint density at radius 1 is 1.25 bits per heavy atom. The zero-order valence-corrected chi connectivity index (χ0v) is 18.5. The SMILES string of the molecule is CC1(C)CC2CC(C)(CN2c2ncnc(NNC(=O)COc3ccccc3)c2[N+](=O)[O-])C1. The summed E-state index contributed by atoms with van der Waals surface area (Å²) in [5, 5.41) is 12.0. The highest BCUT2D eigenvalue weighted by molar-refractivity contribution is 5.80. The molecule has 1 aromatic heterocycles. The molecule has 0 radical (unpaired) electrons. The van der Waals surface area contributed by atoms with Crippen LogP contribution >= 0.6 is 0 Å². The second kappa shape index (κ2) is 8.25. The molecule has 10 nitrogen and oxygen atoms in total. The minimum atomic E-state index is -0.500. The van der Waals surface area contributed by atoms with Crippen molar-refractivity contribution in [1.29, 1.82) is 0 Å². The van der Waals surface area contributed by atoms with E-state index in [1.807, 2.05) is 11.0 Å². The van der Waals surface area contributed by atoms with Crippen LogP contribution in [0.1, 0.15) is 40.0 Å². The minimum absolute atomic E-state index is 0.0566. The third-order valence-electron chi connectivity index (χ3n) is 6.11. The maximum Gasteiger partial charge on any atom is 0.355 e. The zero-order chi connectivity index (χ0) is 22.9. The lowest BCUT2D eigenvalue weighted by Gasteiger charge is -2.39. The molecule has 1 aliphatic heterocycles. The standard InChI is InChI=1S/C22H28N6O4/c1-21(2)9-15-10-22(3,12-21)13-27(15)20-18(28(30)31)19(23-14-24-20)26-25-17(29)11-32-16-7-5-4-6-8-16/h4-8,14-15H,9-13H2,1-3H3,(H,25,29)(H,23,24,26). The van der Waals surface area contributed by atoms with Gasteiger partial charge < -0.3 is 9.64 Å². The van der Waals surface area contributed by atoms with E-state index < -0.39 is 10.8 Å². The van der Waals surface area contributed by atoms with E-state index >= 15 is 0 Å². The van der Waals surface area contributed by atoms with Crippen LogP contribution in [0.5, 0.6) is 5.75 Å². The fraction of sp³-hybridized carbons (Fsp3) is 0.500. The number of nitrogens with one attached hydrogen (secondary N) is 2. The third-order valence-corrected chi connectivity index (χ3v) is 6.11. The van der Waals surface area contributed by atoms with Crippen LogP contribution in [0.25, 0.3) is 0 Å². The lowest BCUT2D eigenvalue weighted by Crippen LogP contribution is -2.36. The van der Waals surface area contributed by atoms with Gasteiger partial charge in [0.25, 0.3) is 5.91 Å². The van der Waals surface area contributed by atoms with Gasteiger partial charge in [-0.3, -0.25) is 25.8 Å². The van der Waals surface area contributed by atoms with Crippen LogP contribution in [0.4, 0.5) is 17.3 Å². The number of amides is 1. The molecule has 1 saturated heterocycles. The fourth-order valence-electron chi connectivity index (χ4n) is 5.38. The van der Waals surface area contributed by atoms with Gasteiger partial charge in [-0.05, 0) is 42.2 Å². The Morgan fingerprint density at radius 3 is 2.72 bits per heavy atom. The average Bonchev–Trinajstić information content (AvgIpc) is 2.99. The number of fused-ring (bicyclic) bond motifs is 2. The number of nitro groups is 1. The van der Waals surface area contributed by atoms with Gasteiger partial charge in [0.2, 0.25) is 11.6 Å². The predicted molar refractivity (Wildman–Crippen MR) is 119 cm³/mol. The van der Waals surface area contributed by atoms with Crippen LogP contribution in [-0.4, -0.2) is 40.0 Å². The summed E-state index contributed by atoms with van der Waals surface area (Å²) in [5.41, 5.74) is 5.01. The summed E-state index contributed by atoms with van der Waals surface area (Å²) in [5.74, 6) is 0.289. The molecule has 10 heteroatoms. The van der Waals surface area contributed by atoms with Crippen LogP contribution in [-0.2, 0) is 4.79 Å². The molecule has 1 amide bonds. The van der Waals surface area contributed by atoms with Crippen molar-refractivity contribution >= 4 is 23.2 Å². The van der Waals surface area contributed by atoms with Crippen LogP contribution < -0.4 is 20.5 Å². The minimum Gasteiger partial charge on any atom is -0.484 e. The van der Waals surface area contributed by atoms with Gasteiger partial charge >= 0.3 is 5.69 Å². The largest absolute Gasteiger partial charge is 0.484 e. The molecule has 2 atom stereocenters. The summed E-state index contributed by atoms with van der Waals surface area (Å²) >= 11 is 0. The smallest absolute Gasteiger partial charge is 0.355 e. The van der Waals surface area contributed by atoms with Crippen molar-refractivity contribution in [3.8, 4) is 5.75 Å². The van der Waals surface area contributed by atoms with Crippen LogP contribution in [0.3, 0.4) is 0 Å². The lowest BCUT2D eigenvalue weighted by molar-refractivity contribution is -0.383. The number of rotatable bonds is 7. The zero-order valence-electron chi connectivity index (χ0n) is 18.5. The Labute approximate surface area is 186 Å². The van der Waals surface area contributed by atoms with Crippen LogP contribution in [0.2, 0.25) is 0 Å². The Hall–Kier alpha value is -3.43. The van der Waals surface area contributed by atoms with Gasteiger partial charge in [-0.2, -0.15) is 0 Å². The quantitative estimate of drug-likeness (QED) is 0.497. The first-order chi connectivity index (χ1) is 15.2. The molecule has 1 saturated carbocycles. The molecule has 2 N–H and O–H groups in total. The van der Waals surface area contributed by atoms with Crippen molar-refractivity contribution in [3.05, 3.63) is 46.8 Å². The lowest BCUT2D eigenvalue weighted by atomic mass is 9.65. The number of nitrogens with zero attached hydrogens (tertiary/aromatic N) is 4. The Bertz CT molecular complexity index is 1010. The molecule has 1 aromatic carbocycles. The number of anilines is 2. The van der Waals surface area contributed by atoms with E-state index in [4.69, 9.17) is 4.74 Å². The van der Waals surface area contributed by atoms with Gasteiger partial charge in [0, 0.05) is 12.6 Å². The molecular weight excluding hydrogens is 412 g/mol. The number of hydrogen-bond donors (Lipinski definition) is 2. The molecule has 32 heavy (non-hydrogen) atoms. The summed E-state index contributed by atoms with van der Waals surface area (Å²) in [6.07, 6.45) is 4.27. The van der Waals surface area contributed by atoms with E-state index in [0.717, 1.165) is 19.3 Å². The highest BCUT2D eigenvalue weighted by atomic mass is 16.6. The van der Waals surface area contributed by atoms with E-state index in [2.05, 4.69) is 41.6 Å². The summed E-state index contributed by atoms with van der Waals surface area (Å²) < 4.78 is 5.39. The van der Waals surface area contributed by atoms with Crippen molar-refractivity contribution in [2.24, 2.45) is 10.8 Å². The van der Waals surface area contributed by atoms with Gasteiger partial charge in [-0.1, -0.05) is 39.0 Å². The normalized spacial score (nSPS) is 23.5. The van der Waals surface area contributed by atoms with Gasteiger partial charge in [0.15, 0.2) is 6.61 Å². The molecule has 2 heterocycles. The summed E-state index contributed by atoms with van der Waals surface area (Å²) in [4.78, 5) is 34.0. The van der Waals surface area contributed by atoms with E-state index in [9.17, 15) is 14.9 Å². The molecule has 2 aliphatic rings. The second-order valence-electron chi connectivity index (χ2n) is 9.77. The number of hydrogen-bond acceptors (Lipinski definition) is 8. The van der Waals surface area contributed by atoms with E-state index in [1.54, 1.807) is 24.3 Å². The van der Waals surface area contributed by atoms with Crippen molar-refractivity contribution in [3.63, 3.8) is 0 Å². The topological polar surface area (TPSA) is 123 Å². The number of benzene rings is 1. The van der Waals surface area contributed by atoms with E-state index in [0.29, 0.717) is 12.3 Å². The highest BCUT2D eigenvalue weighted by Crippen LogP contribution is 2.54. The molecule has 1 aliphatic carbocycles. The number of aromatic nitrogens is 2. The maximum absolute atomic E-state index is 12.2. The molecule has 0 spiro atoms. The first-order valence-electron chi connectivity index (χ1n) is 10.6. The number of para-hydroxylation sites is 1. The Kier molecular flexibility index (Phi) is 5.62. The van der Waals surface area contributed by atoms with Gasteiger partial charge in [-0.25, -0.2) is 9.97 Å². The predicted octanol–water partition coefficient (Wildman–Crippen LogP) is 3.31. The second-order valence-corrected chi connectivity index (χ2v) is 9.77. The molecule has 2 unspecified atom stereocenters. The number of carbonyl (C=O) groups is 1. The highest BCUT2D eigenvalue weighted by Gasteiger charge is 2.51. The molecule has 2 fully saturated rings. The third kappa shape index (κ3) is 4.58. The van der Waals surface area contributed by atoms with Crippen molar-refractivity contribution in [2.45, 2.75) is 46.1 Å². The molecule has 170 valence electrons. The van der Waals surface area contributed by atoms with E-state index in [-0.39, 0.29) is 40.8 Å². The monoisotopic (exact) mass is 440 g/mol. The summed E-state index contributed by atoms with van der Waals surface area (Å²) in [6, 6.07) is 9.08. The van der Waals surface area contributed by atoms with Gasteiger partial charge in [0.1, 0.15) is 12.1 Å². The van der Waals surface area contributed by atoms with Crippen molar-refractivity contribution in [2.75, 3.05) is 23.5 Å². The van der Waals surface area contributed by atoms with Crippen LogP contribution in [0, 0.1) is 20.9 Å². The molecule has 4 rings (SSSR count). The summed E-state index contributed by atoms with van der Waals surface area (Å²) in [7, 11) is 0. The van der Waals surface area contributed by atoms with Crippen molar-refractivity contribution in [1.82, 2.24) is 15.4 Å². The number of hydrazine groups is 1. The first kappa shape index (κ1) is 21.8. The average molecular weight is 441 g/mol. The Balaban J connectivity index is 1.49. The first-order valence-corrected chi connectivity index (χ1v) is 10.6.